The minimum absolute atomic E-state index is 0.330. The van der Waals surface area contributed by atoms with Gasteiger partial charge in [0.05, 0.1) is 0 Å². The van der Waals surface area contributed by atoms with E-state index in [1.807, 2.05) is 25.1 Å². The van der Waals surface area contributed by atoms with Gasteiger partial charge in [0, 0.05) is 17.6 Å². The molecule has 0 aromatic heterocycles. The largest absolute Gasteiger partial charge is 0.508 e. The summed E-state index contributed by atoms with van der Waals surface area (Å²) >= 11 is 0. The Morgan fingerprint density at radius 3 is 2.46 bits per heavy atom. The molecule has 0 radical (unpaired) electrons. The molecule has 0 atom stereocenters. The number of hydrogen-bond acceptors (Lipinski definition) is 2. The zero-order valence-corrected chi connectivity index (χ0v) is 23.6. The van der Waals surface area contributed by atoms with Crippen LogP contribution in [0, 0.1) is 6.92 Å². The van der Waals surface area contributed by atoms with Crippen LogP contribution in [-0.4, -0.2) is 5.11 Å². The molecule has 1 N–H and O–H groups in total. The molecule has 1 aliphatic rings. The zero-order valence-electron chi connectivity index (χ0n) is 23.6. The van der Waals surface area contributed by atoms with Gasteiger partial charge in [0.2, 0.25) is 0 Å². The van der Waals surface area contributed by atoms with Crippen molar-refractivity contribution in [2.45, 2.75) is 32.6 Å². The summed E-state index contributed by atoms with van der Waals surface area (Å²) in [6.07, 6.45) is 15.3. The fourth-order valence-corrected chi connectivity index (χ4v) is 5.89. The molecule has 2 heteroatoms. The first-order chi connectivity index (χ1) is 20.1. The second kappa shape index (κ2) is 11.7. The van der Waals surface area contributed by atoms with Crippen LogP contribution in [0.5, 0.6) is 5.75 Å². The molecule has 0 spiro atoms. The Morgan fingerprint density at radius 2 is 1.66 bits per heavy atom. The Morgan fingerprint density at radius 1 is 0.829 bits per heavy atom. The number of benzene rings is 5. The quantitative estimate of drug-likeness (QED) is 0.210. The summed E-state index contributed by atoms with van der Waals surface area (Å²) in [6.45, 7) is 5.94. The van der Waals surface area contributed by atoms with Crippen molar-refractivity contribution in [1.82, 2.24) is 0 Å². The van der Waals surface area contributed by atoms with E-state index in [0.29, 0.717) is 5.75 Å². The van der Waals surface area contributed by atoms with Crippen LogP contribution in [-0.2, 0) is 0 Å². The highest BCUT2D eigenvalue weighted by molar-refractivity contribution is 6.02. The lowest BCUT2D eigenvalue weighted by molar-refractivity contribution is 0.472. The molecule has 5 aromatic carbocycles. The van der Waals surface area contributed by atoms with Gasteiger partial charge in [-0.3, -0.25) is 0 Å². The first-order valence-corrected chi connectivity index (χ1v) is 14.4. The predicted octanol–water partition coefficient (Wildman–Crippen LogP) is 10.7. The molecule has 6 rings (SSSR count). The van der Waals surface area contributed by atoms with Crippen LogP contribution < -0.4 is 4.90 Å². The highest BCUT2D eigenvalue weighted by atomic mass is 16.3. The lowest BCUT2D eigenvalue weighted by Crippen LogP contribution is -2.17. The topological polar surface area (TPSA) is 23.5 Å². The molecule has 0 fully saturated rings. The van der Waals surface area contributed by atoms with Crippen LogP contribution in [0.4, 0.5) is 5.69 Å². The molecule has 1 aliphatic carbocycles. The van der Waals surface area contributed by atoms with Gasteiger partial charge in [-0.05, 0) is 112 Å². The van der Waals surface area contributed by atoms with Crippen molar-refractivity contribution >= 4 is 32.8 Å². The van der Waals surface area contributed by atoms with Crippen LogP contribution >= 0.6 is 0 Å². The second-order valence-corrected chi connectivity index (χ2v) is 10.7. The fourth-order valence-electron chi connectivity index (χ4n) is 5.89. The highest BCUT2D eigenvalue weighted by Crippen LogP contribution is 2.37. The zero-order chi connectivity index (χ0) is 28.2. The van der Waals surface area contributed by atoms with E-state index >= 15 is 0 Å². The Labute approximate surface area is 242 Å². The van der Waals surface area contributed by atoms with E-state index in [9.17, 15) is 5.11 Å². The highest BCUT2D eigenvalue weighted by Gasteiger charge is 2.14. The molecule has 5 aromatic rings. The van der Waals surface area contributed by atoms with Crippen molar-refractivity contribution in [3.63, 3.8) is 0 Å². The molecule has 0 amide bonds. The van der Waals surface area contributed by atoms with E-state index in [0.717, 1.165) is 51.6 Å². The first-order valence-electron chi connectivity index (χ1n) is 14.4. The lowest BCUT2D eigenvalue weighted by atomic mass is 9.93. The standard InChI is InChI=1S/C39H35NO/c1-3-11-29(30-12-6-4-7-13-30)24-25-40(35-15-8-5-9-16-35)36-22-20-31-18-19-33(26-34(31)27-36)37-17-10-14-32-21-23-38(41)28(2)39(32)37/h3-4,6-7,10-15,17-27,41H,1,5,8-9,16H2,2H3/b25-24-,29-11+. The van der Waals surface area contributed by atoms with Crippen LogP contribution in [0.25, 0.3) is 38.2 Å². The van der Waals surface area contributed by atoms with Crippen molar-refractivity contribution in [1.29, 1.82) is 0 Å². The Kier molecular flexibility index (Phi) is 7.56. The minimum atomic E-state index is 0.330. The number of phenols is 1. The first kappa shape index (κ1) is 26.4. The molecule has 0 heterocycles. The van der Waals surface area contributed by atoms with Gasteiger partial charge < -0.3 is 10.0 Å². The van der Waals surface area contributed by atoms with Crippen LogP contribution in [0.15, 0.2) is 140 Å². The molecule has 41 heavy (non-hydrogen) atoms. The number of aryl methyl sites for hydroxylation is 1. The minimum Gasteiger partial charge on any atom is -0.508 e. The summed E-state index contributed by atoms with van der Waals surface area (Å²) in [5.41, 5.74) is 7.98. The van der Waals surface area contributed by atoms with E-state index in [1.54, 1.807) is 6.07 Å². The van der Waals surface area contributed by atoms with Gasteiger partial charge in [-0.25, -0.2) is 0 Å². The van der Waals surface area contributed by atoms with Crippen molar-refractivity contribution in [2.24, 2.45) is 0 Å². The SMILES string of the molecule is C=C/C=C(\C=C/N(C1=CCCCC1)c1ccc2ccc(-c3cccc4ccc(O)c(C)c34)cc2c1)c1ccccc1. The summed E-state index contributed by atoms with van der Waals surface area (Å²) in [5, 5.41) is 15.1. The molecule has 202 valence electrons. The molecule has 0 aliphatic heterocycles. The average molecular weight is 534 g/mol. The molecule has 0 bridgehead atoms. The third kappa shape index (κ3) is 5.47. The lowest BCUT2D eigenvalue weighted by Gasteiger charge is -2.27. The number of nitrogens with zero attached hydrogens (tertiary/aromatic N) is 1. The molecule has 0 saturated heterocycles. The van der Waals surface area contributed by atoms with Crippen molar-refractivity contribution in [3.05, 3.63) is 151 Å². The van der Waals surface area contributed by atoms with E-state index in [-0.39, 0.29) is 0 Å². The summed E-state index contributed by atoms with van der Waals surface area (Å²) < 4.78 is 0. The van der Waals surface area contributed by atoms with Gasteiger partial charge in [0.15, 0.2) is 0 Å². The summed E-state index contributed by atoms with van der Waals surface area (Å²) in [6, 6.07) is 34.0. The van der Waals surface area contributed by atoms with E-state index in [4.69, 9.17) is 0 Å². The summed E-state index contributed by atoms with van der Waals surface area (Å²) in [5.74, 6) is 0.330. The smallest absolute Gasteiger partial charge is 0.119 e. The summed E-state index contributed by atoms with van der Waals surface area (Å²) in [4.78, 5) is 2.35. The maximum Gasteiger partial charge on any atom is 0.119 e. The molecular formula is C39H35NO. The van der Waals surface area contributed by atoms with E-state index in [1.165, 1.54) is 34.9 Å². The van der Waals surface area contributed by atoms with E-state index in [2.05, 4.69) is 115 Å². The molecular weight excluding hydrogens is 498 g/mol. The van der Waals surface area contributed by atoms with Gasteiger partial charge in [-0.1, -0.05) is 97.6 Å². The molecule has 0 saturated carbocycles. The Bertz CT molecular complexity index is 1820. The van der Waals surface area contributed by atoms with Gasteiger partial charge in [-0.2, -0.15) is 0 Å². The van der Waals surface area contributed by atoms with Crippen LogP contribution in [0.1, 0.15) is 36.8 Å². The molecule has 0 unspecified atom stereocenters. The Balaban J connectivity index is 1.44. The van der Waals surface area contributed by atoms with Crippen molar-refractivity contribution in [3.8, 4) is 16.9 Å². The number of rotatable bonds is 7. The van der Waals surface area contributed by atoms with Crippen LogP contribution in [0.2, 0.25) is 0 Å². The number of hydrogen-bond donors (Lipinski definition) is 1. The normalized spacial score (nSPS) is 14.0. The number of anilines is 1. The Hall–Kier alpha value is -4.82. The van der Waals surface area contributed by atoms with Crippen molar-refractivity contribution < 1.29 is 5.11 Å². The maximum absolute atomic E-state index is 10.5. The summed E-state index contributed by atoms with van der Waals surface area (Å²) in [7, 11) is 0. The number of aromatic hydroxyl groups is 1. The number of fused-ring (bicyclic) bond motifs is 2. The fraction of sp³-hybridized carbons (Fsp3) is 0.128. The maximum atomic E-state index is 10.5. The van der Waals surface area contributed by atoms with Gasteiger partial charge in [-0.15, -0.1) is 0 Å². The predicted molar refractivity (Wildman–Crippen MR) is 176 cm³/mol. The van der Waals surface area contributed by atoms with Gasteiger partial charge in [0.25, 0.3) is 0 Å². The third-order valence-corrected chi connectivity index (χ3v) is 8.07. The van der Waals surface area contributed by atoms with E-state index < -0.39 is 0 Å². The number of phenolic OH excluding ortho intramolecular Hbond substituents is 1. The van der Waals surface area contributed by atoms with Gasteiger partial charge in [0.1, 0.15) is 5.75 Å². The molecule has 2 nitrogen and oxygen atoms in total. The van der Waals surface area contributed by atoms with Crippen molar-refractivity contribution in [2.75, 3.05) is 4.90 Å². The second-order valence-electron chi connectivity index (χ2n) is 10.7. The number of allylic oxidation sites excluding steroid dienone is 6. The third-order valence-electron chi connectivity index (χ3n) is 8.07. The van der Waals surface area contributed by atoms with Crippen LogP contribution in [0.3, 0.4) is 0 Å². The van der Waals surface area contributed by atoms with Gasteiger partial charge >= 0.3 is 0 Å². The average Bonchev–Trinajstić information content (AvgIpc) is 3.03. The monoisotopic (exact) mass is 533 g/mol.